The molecule has 0 aliphatic rings. The summed E-state index contributed by atoms with van der Waals surface area (Å²) >= 11 is 0. The van der Waals surface area contributed by atoms with Gasteiger partial charge in [-0.1, -0.05) is 30.3 Å². The van der Waals surface area contributed by atoms with Crippen molar-refractivity contribution < 1.29 is 19.4 Å². The molecule has 7 nitrogen and oxygen atoms in total. The Hall–Kier alpha value is -3.35. The van der Waals surface area contributed by atoms with Gasteiger partial charge in [0, 0.05) is 11.3 Å². The Balaban J connectivity index is 1.87. The van der Waals surface area contributed by atoms with Crippen molar-refractivity contribution in [1.82, 2.24) is 5.43 Å². The Morgan fingerprint density at radius 2 is 1.88 bits per heavy atom. The maximum Gasteiger partial charge on any atom is 0.259 e. The maximum absolute atomic E-state index is 11.8. The van der Waals surface area contributed by atoms with Crippen molar-refractivity contribution in [3.63, 3.8) is 0 Å². The first-order valence-electron chi connectivity index (χ1n) is 7.59. The highest BCUT2D eigenvalue weighted by molar-refractivity contribution is 5.86. The number of nitrogens with one attached hydrogen (secondary N) is 2. The SMILES string of the molecule is Cc1ccccc1NCC(=O)NN=Cc1ccccc1OCC(=O)[O-]. The number of ether oxygens (including phenoxy) is 1. The molecular weight excluding hydrogens is 322 g/mol. The first-order valence-corrected chi connectivity index (χ1v) is 7.59. The third kappa shape index (κ3) is 5.98. The largest absolute Gasteiger partial charge is 0.546 e. The highest BCUT2D eigenvalue weighted by atomic mass is 16.5. The highest BCUT2D eigenvalue weighted by Crippen LogP contribution is 2.15. The fraction of sp³-hybridized carbons (Fsp3) is 0.167. The third-order valence-electron chi connectivity index (χ3n) is 3.24. The average molecular weight is 340 g/mol. The van der Waals surface area contributed by atoms with Gasteiger partial charge in [-0.15, -0.1) is 0 Å². The molecule has 0 bridgehead atoms. The first-order chi connectivity index (χ1) is 12.1. The molecule has 7 heteroatoms. The molecule has 0 saturated carbocycles. The van der Waals surface area contributed by atoms with E-state index < -0.39 is 12.6 Å². The Morgan fingerprint density at radius 3 is 2.64 bits per heavy atom. The maximum atomic E-state index is 11.8. The number of amides is 1. The molecule has 0 aromatic heterocycles. The molecule has 0 radical (unpaired) electrons. The van der Waals surface area contributed by atoms with Crippen LogP contribution in [0.1, 0.15) is 11.1 Å². The van der Waals surface area contributed by atoms with Gasteiger partial charge in [0.1, 0.15) is 12.4 Å². The predicted octanol–water partition coefficient (Wildman–Crippen LogP) is 0.686. The summed E-state index contributed by atoms with van der Waals surface area (Å²) in [5, 5.41) is 17.3. The number of anilines is 1. The minimum Gasteiger partial charge on any atom is -0.546 e. The number of carboxylic acid groups (broad SMARTS) is 1. The molecular formula is C18H18N3O4-. The monoisotopic (exact) mass is 340 g/mol. The summed E-state index contributed by atoms with van der Waals surface area (Å²) in [6, 6.07) is 14.4. The van der Waals surface area contributed by atoms with Crippen LogP contribution in [-0.4, -0.2) is 31.2 Å². The van der Waals surface area contributed by atoms with Gasteiger partial charge in [-0.05, 0) is 30.7 Å². The summed E-state index contributed by atoms with van der Waals surface area (Å²) in [7, 11) is 0. The zero-order chi connectivity index (χ0) is 18.1. The van der Waals surface area contributed by atoms with Gasteiger partial charge < -0.3 is 20.0 Å². The molecule has 25 heavy (non-hydrogen) atoms. The van der Waals surface area contributed by atoms with Crippen LogP contribution in [0.25, 0.3) is 0 Å². The molecule has 0 heterocycles. The van der Waals surface area contributed by atoms with E-state index in [4.69, 9.17) is 4.74 Å². The fourth-order valence-corrected chi connectivity index (χ4v) is 2.02. The number of carbonyl (C=O) groups is 2. The molecule has 0 unspecified atom stereocenters. The zero-order valence-electron chi connectivity index (χ0n) is 13.7. The van der Waals surface area contributed by atoms with Gasteiger partial charge in [0.15, 0.2) is 0 Å². The number of hydrazone groups is 1. The summed E-state index contributed by atoms with van der Waals surface area (Å²) in [4.78, 5) is 22.3. The molecule has 1 amide bonds. The lowest BCUT2D eigenvalue weighted by Gasteiger charge is -2.09. The third-order valence-corrected chi connectivity index (χ3v) is 3.24. The van der Waals surface area contributed by atoms with E-state index in [0.29, 0.717) is 11.3 Å². The van der Waals surface area contributed by atoms with Gasteiger partial charge in [0.25, 0.3) is 5.91 Å². The van der Waals surface area contributed by atoms with Crippen LogP contribution in [0.15, 0.2) is 53.6 Å². The van der Waals surface area contributed by atoms with Crippen molar-refractivity contribution in [1.29, 1.82) is 0 Å². The van der Waals surface area contributed by atoms with Crippen LogP contribution in [0.3, 0.4) is 0 Å². The molecule has 130 valence electrons. The predicted molar refractivity (Wildman–Crippen MR) is 92.3 cm³/mol. The quantitative estimate of drug-likeness (QED) is 0.543. The topological polar surface area (TPSA) is 103 Å². The van der Waals surface area contributed by atoms with Crippen LogP contribution < -0.4 is 20.6 Å². The molecule has 0 atom stereocenters. The zero-order valence-corrected chi connectivity index (χ0v) is 13.7. The van der Waals surface area contributed by atoms with Crippen LogP contribution in [0.4, 0.5) is 5.69 Å². The molecule has 2 aromatic carbocycles. The van der Waals surface area contributed by atoms with Crippen LogP contribution in [0.5, 0.6) is 5.75 Å². The Bertz CT molecular complexity index is 774. The molecule has 2 N–H and O–H groups in total. The van der Waals surface area contributed by atoms with Crippen molar-refractivity contribution in [3.8, 4) is 5.75 Å². The lowest BCUT2D eigenvalue weighted by Crippen LogP contribution is -2.29. The van der Waals surface area contributed by atoms with E-state index >= 15 is 0 Å². The van der Waals surface area contributed by atoms with E-state index in [0.717, 1.165) is 11.3 Å². The summed E-state index contributed by atoms with van der Waals surface area (Å²) in [5.41, 5.74) is 4.85. The standard InChI is InChI=1S/C18H19N3O4/c1-13-6-2-4-8-15(13)19-11-17(22)21-20-10-14-7-3-5-9-16(14)25-12-18(23)24/h2-10,19H,11-12H2,1H3,(H,21,22)(H,23,24)/p-1. The summed E-state index contributed by atoms with van der Waals surface area (Å²) in [6.45, 7) is 1.46. The van der Waals surface area contributed by atoms with Crippen molar-refractivity contribution in [2.45, 2.75) is 6.92 Å². The Labute approximate surface area is 145 Å². The second-order valence-electron chi connectivity index (χ2n) is 5.16. The Kier molecular flexibility index (Phi) is 6.53. The van der Waals surface area contributed by atoms with E-state index in [1.165, 1.54) is 6.21 Å². The number of rotatable bonds is 8. The van der Waals surface area contributed by atoms with Gasteiger partial charge in [-0.25, -0.2) is 5.43 Å². The molecule has 0 saturated heterocycles. The lowest BCUT2D eigenvalue weighted by atomic mass is 10.2. The Morgan fingerprint density at radius 1 is 1.16 bits per heavy atom. The van der Waals surface area contributed by atoms with E-state index in [-0.39, 0.29) is 12.5 Å². The molecule has 0 aliphatic heterocycles. The van der Waals surface area contributed by atoms with Crippen molar-refractivity contribution >= 4 is 23.8 Å². The van der Waals surface area contributed by atoms with Gasteiger partial charge in [-0.2, -0.15) is 5.10 Å². The number of aliphatic carboxylic acids is 1. The number of carbonyl (C=O) groups excluding carboxylic acids is 2. The number of para-hydroxylation sites is 2. The van der Waals surface area contributed by atoms with Crippen molar-refractivity contribution in [3.05, 3.63) is 59.7 Å². The molecule has 0 spiro atoms. The van der Waals surface area contributed by atoms with E-state index in [2.05, 4.69) is 15.8 Å². The van der Waals surface area contributed by atoms with Crippen LogP contribution in [0, 0.1) is 6.92 Å². The number of carboxylic acids is 1. The molecule has 2 rings (SSSR count). The number of nitrogens with zero attached hydrogens (tertiary/aromatic N) is 1. The van der Waals surface area contributed by atoms with E-state index in [9.17, 15) is 14.7 Å². The van der Waals surface area contributed by atoms with Crippen LogP contribution >= 0.6 is 0 Å². The summed E-state index contributed by atoms with van der Waals surface area (Å²) in [5.74, 6) is -1.29. The second kappa shape index (κ2) is 9.07. The van der Waals surface area contributed by atoms with Gasteiger partial charge in [0.2, 0.25) is 0 Å². The fourth-order valence-electron chi connectivity index (χ4n) is 2.02. The number of hydrogen-bond donors (Lipinski definition) is 2. The van der Waals surface area contributed by atoms with Crippen molar-refractivity contribution in [2.75, 3.05) is 18.5 Å². The number of benzene rings is 2. The number of hydrogen-bond acceptors (Lipinski definition) is 6. The minimum absolute atomic E-state index is 0.0744. The molecule has 0 aliphatic carbocycles. The normalized spacial score (nSPS) is 10.4. The van der Waals surface area contributed by atoms with Gasteiger partial charge in [-0.3, -0.25) is 4.79 Å². The van der Waals surface area contributed by atoms with Crippen LogP contribution in [0.2, 0.25) is 0 Å². The lowest BCUT2D eigenvalue weighted by molar-refractivity contribution is -0.307. The first kappa shape index (κ1) is 18.0. The minimum atomic E-state index is -1.32. The summed E-state index contributed by atoms with van der Waals surface area (Å²) in [6.07, 6.45) is 1.39. The highest BCUT2D eigenvalue weighted by Gasteiger charge is 2.03. The van der Waals surface area contributed by atoms with Crippen LogP contribution in [-0.2, 0) is 9.59 Å². The second-order valence-corrected chi connectivity index (χ2v) is 5.16. The van der Waals surface area contributed by atoms with Gasteiger partial charge >= 0.3 is 0 Å². The van der Waals surface area contributed by atoms with Gasteiger partial charge in [0.05, 0.1) is 18.7 Å². The average Bonchev–Trinajstić information content (AvgIpc) is 2.60. The smallest absolute Gasteiger partial charge is 0.259 e. The summed E-state index contributed by atoms with van der Waals surface area (Å²) < 4.78 is 5.10. The van der Waals surface area contributed by atoms with E-state index in [1.807, 2.05) is 31.2 Å². The molecule has 0 fully saturated rings. The number of aryl methyl sites for hydroxylation is 1. The van der Waals surface area contributed by atoms with E-state index in [1.54, 1.807) is 24.3 Å². The molecule has 2 aromatic rings. The van der Waals surface area contributed by atoms with Crippen molar-refractivity contribution in [2.24, 2.45) is 5.10 Å².